The van der Waals surface area contributed by atoms with Gasteiger partial charge in [-0.1, -0.05) is 0 Å². The second-order valence-corrected chi connectivity index (χ2v) is 6.59. The number of nitrogens with zero attached hydrogens (tertiary/aromatic N) is 1. The number of aromatic carboxylic acids is 1. The van der Waals surface area contributed by atoms with Crippen LogP contribution in [0.25, 0.3) is 0 Å². The fraction of sp³-hybridized carbons (Fsp3) is 0.667. The number of hydrogen-bond acceptors (Lipinski definition) is 4. The summed E-state index contributed by atoms with van der Waals surface area (Å²) in [4.78, 5) is 15.1. The molecule has 1 aromatic rings. The first-order chi connectivity index (χ1) is 9.68. The van der Waals surface area contributed by atoms with E-state index in [1.54, 1.807) is 16.7 Å². The molecule has 4 nitrogen and oxygen atoms in total. The smallest absolute Gasteiger partial charge is 0.336 e. The van der Waals surface area contributed by atoms with E-state index in [1.165, 1.54) is 11.3 Å². The van der Waals surface area contributed by atoms with Gasteiger partial charge in [0.05, 0.1) is 5.56 Å². The molecule has 1 atom stereocenters. The fourth-order valence-electron chi connectivity index (χ4n) is 3.50. The first-order valence-electron chi connectivity index (χ1n) is 7.33. The summed E-state index contributed by atoms with van der Waals surface area (Å²) in [7, 11) is 0. The first kappa shape index (κ1) is 14.0. The zero-order chi connectivity index (χ0) is 14.1. The average molecular weight is 295 g/mol. The molecule has 1 aromatic heterocycles. The van der Waals surface area contributed by atoms with Gasteiger partial charge in [-0.05, 0) is 44.7 Å². The van der Waals surface area contributed by atoms with Crippen molar-refractivity contribution < 1.29 is 14.6 Å². The lowest BCUT2D eigenvalue weighted by Gasteiger charge is -2.35. The summed E-state index contributed by atoms with van der Waals surface area (Å²) >= 11 is 1.62. The molecule has 0 aliphatic carbocycles. The topological polar surface area (TPSA) is 49.8 Å². The van der Waals surface area contributed by atoms with Crippen LogP contribution in [0.2, 0.25) is 0 Å². The minimum atomic E-state index is -0.805. The Labute approximate surface area is 123 Å². The summed E-state index contributed by atoms with van der Waals surface area (Å²) in [5.41, 5.74) is 1.44. The van der Waals surface area contributed by atoms with Crippen LogP contribution in [0.3, 0.4) is 0 Å². The lowest BCUT2D eigenvalue weighted by atomic mass is 10.0. The Bertz CT molecular complexity index is 493. The number of rotatable bonds is 3. The van der Waals surface area contributed by atoms with E-state index in [2.05, 4.69) is 4.90 Å². The Morgan fingerprint density at radius 1 is 1.40 bits per heavy atom. The Hall–Kier alpha value is -0.910. The molecule has 0 aromatic carbocycles. The first-order valence-corrected chi connectivity index (χ1v) is 8.21. The van der Waals surface area contributed by atoms with Gasteiger partial charge in [-0.3, -0.25) is 4.90 Å². The number of carboxylic acids is 1. The highest BCUT2D eigenvalue weighted by Crippen LogP contribution is 2.40. The molecule has 2 aliphatic rings. The number of hydrogen-bond donors (Lipinski definition) is 1. The third-order valence-electron chi connectivity index (χ3n) is 4.56. The molecule has 0 saturated carbocycles. The van der Waals surface area contributed by atoms with Crippen LogP contribution in [0.4, 0.5) is 0 Å². The maximum absolute atomic E-state index is 11.2. The molecule has 0 bridgehead atoms. The highest BCUT2D eigenvalue weighted by molar-refractivity contribution is 7.10. The van der Waals surface area contributed by atoms with Crippen LogP contribution in [0, 0.1) is 6.92 Å². The number of likely N-dealkylation sites (tertiary alicyclic amines) is 1. The van der Waals surface area contributed by atoms with Crippen molar-refractivity contribution in [3.05, 3.63) is 21.4 Å². The van der Waals surface area contributed by atoms with Crippen LogP contribution < -0.4 is 0 Å². The van der Waals surface area contributed by atoms with Crippen LogP contribution in [-0.4, -0.2) is 41.8 Å². The van der Waals surface area contributed by atoms with Crippen LogP contribution >= 0.6 is 11.3 Å². The second-order valence-electron chi connectivity index (χ2n) is 5.68. The van der Waals surface area contributed by atoms with Crippen molar-refractivity contribution in [2.75, 3.05) is 19.8 Å². The van der Waals surface area contributed by atoms with Crippen molar-refractivity contribution in [1.82, 2.24) is 4.90 Å². The zero-order valence-corrected chi connectivity index (χ0v) is 12.6. The van der Waals surface area contributed by atoms with Crippen LogP contribution in [0.1, 0.15) is 52.5 Å². The van der Waals surface area contributed by atoms with Crippen molar-refractivity contribution in [3.63, 3.8) is 0 Å². The molecule has 20 heavy (non-hydrogen) atoms. The van der Waals surface area contributed by atoms with Gasteiger partial charge in [0, 0.05) is 35.6 Å². The van der Waals surface area contributed by atoms with Gasteiger partial charge in [-0.25, -0.2) is 4.79 Å². The van der Waals surface area contributed by atoms with Crippen molar-refractivity contribution in [2.45, 2.75) is 44.7 Å². The maximum Gasteiger partial charge on any atom is 0.336 e. The van der Waals surface area contributed by atoms with Gasteiger partial charge < -0.3 is 9.84 Å². The zero-order valence-electron chi connectivity index (χ0n) is 11.8. The molecule has 3 heterocycles. The lowest BCUT2D eigenvalue weighted by molar-refractivity contribution is 0.0295. The number of carboxylic acid groups (broad SMARTS) is 1. The monoisotopic (exact) mass is 295 g/mol. The van der Waals surface area contributed by atoms with E-state index in [1.807, 2.05) is 6.92 Å². The molecular formula is C15H21NO3S. The average Bonchev–Trinajstić information content (AvgIpc) is 3.05. The van der Waals surface area contributed by atoms with Crippen molar-refractivity contribution >= 4 is 17.3 Å². The Morgan fingerprint density at radius 3 is 2.80 bits per heavy atom. The Balaban J connectivity index is 1.83. The highest BCUT2D eigenvalue weighted by Gasteiger charge is 2.34. The lowest BCUT2D eigenvalue weighted by Crippen LogP contribution is -2.38. The number of thiophene rings is 1. The highest BCUT2D eigenvalue weighted by atomic mass is 32.1. The minimum absolute atomic E-state index is 0.413. The van der Waals surface area contributed by atoms with Gasteiger partial charge in [-0.15, -0.1) is 11.3 Å². The third-order valence-corrected chi connectivity index (χ3v) is 5.75. The van der Waals surface area contributed by atoms with Gasteiger partial charge in [0.2, 0.25) is 0 Å². The molecule has 0 radical (unpaired) electrons. The van der Waals surface area contributed by atoms with E-state index in [4.69, 9.17) is 4.74 Å². The normalized spacial score (nSPS) is 25.1. The predicted octanol–water partition coefficient (Wildman–Crippen LogP) is 3.07. The molecule has 110 valence electrons. The standard InChI is InChI=1S/C15H21NO3S/c1-10-12(15(17)18)9-20-14(10)13-3-2-6-16(13)11-4-7-19-8-5-11/h9,11,13H,2-8H2,1H3,(H,17,18). The van der Waals surface area contributed by atoms with Crippen LogP contribution in [-0.2, 0) is 4.74 Å². The molecule has 0 spiro atoms. The summed E-state index contributed by atoms with van der Waals surface area (Å²) in [5, 5.41) is 11.0. The van der Waals surface area contributed by atoms with Crippen LogP contribution in [0.15, 0.2) is 5.38 Å². The number of ether oxygens (including phenoxy) is 1. The maximum atomic E-state index is 11.2. The van der Waals surface area contributed by atoms with Gasteiger partial charge in [0.1, 0.15) is 0 Å². The Morgan fingerprint density at radius 2 is 2.15 bits per heavy atom. The molecule has 3 rings (SSSR count). The quantitative estimate of drug-likeness (QED) is 0.931. The second kappa shape index (κ2) is 5.84. The summed E-state index contributed by atoms with van der Waals surface area (Å²) < 4.78 is 5.46. The number of carbonyl (C=O) groups is 1. The van der Waals surface area contributed by atoms with Gasteiger partial charge in [0.25, 0.3) is 0 Å². The van der Waals surface area contributed by atoms with Crippen molar-refractivity contribution in [2.24, 2.45) is 0 Å². The third kappa shape index (κ3) is 2.50. The van der Waals surface area contributed by atoms with Gasteiger partial charge in [-0.2, -0.15) is 0 Å². The van der Waals surface area contributed by atoms with Gasteiger partial charge >= 0.3 is 5.97 Å². The van der Waals surface area contributed by atoms with E-state index in [-0.39, 0.29) is 0 Å². The minimum Gasteiger partial charge on any atom is -0.478 e. The molecular weight excluding hydrogens is 274 g/mol. The molecule has 1 unspecified atom stereocenters. The van der Waals surface area contributed by atoms with E-state index in [9.17, 15) is 9.90 Å². The summed E-state index contributed by atoms with van der Waals surface area (Å²) in [5.74, 6) is -0.805. The van der Waals surface area contributed by atoms with E-state index in [0.717, 1.165) is 44.6 Å². The predicted molar refractivity (Wildman–Crippen MR) is 78.5 cm³/mol. The van der Waals surface area contributed by atoms with E-state index >= 15 is 0 Å². The van der Waals surface area contributed by atoms with Crippen LogP contribution in [0.5, 0.6) is 0 Å². The molecule has 2 fully saturated rings. The van der Waals surface area contributed by atoms with Gasteiger partial charge in [0.15, 0.2) is 0 Å². The summed E-state index contributed by atoms with van der Waals surface area (Å²) in [6, 6.07) is 1.02. The fourth-order valence-corrected chi connectivity index (χ4v) is 4.72. The van der Waals surface area contributed by atoms with E-state index < -0.39 is 5.97 Å². The molecule has 5 heteroatoms. The van der Waals surface area contributed by atoms with Crippen molar-refractivity contribution in [3.8, 4) is 0 Å². The molecule has 2 aliphatic heterocycles. The van der Waals surface area contributed by atoms with Crippen molar-refractivity contribution in [1.29, 1.82) is 0 Å². The summed E-state index contributed by atoms with van der Waals surface area (Å²) in [6.07, 6.45) is 4.57. The largest absolute Gasteiger partial charge is 0.478 e. The summed E-state index contributed by atoms with van der Waals surface area (Å²) in [6.45, 7) is 4.81. The Kier molecular flexibility index (Phi) is 4.10. The molecule has 2 saturated heterocycles. The molecule has 0 amide bonds. The molecule has 1 N–H and O–H groups in total. The SMILES string of the molecule is Cc1c(C(=O)O)csc1C1CCCN1C1CCOCC1. The van der Waals surface area contributed by atoms with E-state index in [0.29, 0.717) is 17.6 Å².